The van der Waals surface area contributed by atoms with Crippen LogP contribution in [0.1, 0.15) is 12.8 Å². The number of aldehydes is 1. The molecule has 0 unspecified atom stereocenters. The third-order valence-electron chi connectivity index (χ3n) is 3.72. The predicted molar refractivity (Wildman–Crippen MR) is 81.8 cm³/mol. The molecule has 6 heteroatoms. The molecule has 1 aliphatic heterocycles. The number of allylic oxidation sites excluding steroid dienone is 1. The first-order chi connectivity index (χ1) is 10.6. The second-order valence-corrected chi connectivity index (χ2v) is 5.44. The molecule has 2 aliphatic rings. The van der Waals surface area contributed by atoms with Crippen LogP contribution in [-0.2, 0) is 9.59 Å². The second-order valence-electron chi connectivity index (χ2n) is 5.44. The molecule has 1 aromatic rings. The van der Waals surface area contributed by atoms with Crippen molar-refractivity contribution in [2.24, 2.45) is 11.1 Å². The molecule has 1 heterocycles. The highest BCUT2D eigenvalue weighted by molar-refractivity contribution is 6.07. The first-order valence-electron chi connectivity index (χ1n) is 7.08. The van der Waals surface area contributed by atoms with Gasteiger partial charge in [-0.15, -0.1) is 0 Å². The fraction of sp³-hybridized carbons (Fsp3) is 0.250. The largest absolute Gasteiger partial charge is 0.458 e. The Morgan fingerprint density at radius 1 is 1.32 bits per heavy atom. The van der Waals surface area contributed by atoms with Crippen molar-refractivity contribution in [3.8, 4) is 5.75 Å². The highest BCUT2D eigenvalue weighted by Crippen LogP contribution is 2.44. The van der Waals surface area contributed by atoms with E-state index in [0.717, 1.165) is 6.29 Å². The fourth-order valence-corrected chi connectivity index (χ4v) is 2.13. The standard InChI is InChI=1S/C16H17N3O3/c17-14-9-13(5-8-18-14)22-12-3-1-11(2-4-12)19-15(21)16(10-20)6-7-16/h1-5,9-10,18H,6-8,17H2,(H,19,21). The molecule has 1 fully saturated rings. The van der Waals surface area contributed by atoms with E-state index in [1.54, 1.807) is 30.3 Å². The first-order valence-corrected chi connectivity index (χ1v) is 7.08. The van der Waals surface area contributed by atoms with Gasteiger partial charge in [-0.1, -0.05) is 0 Å². The minimum Gasteiger partial charge on any atom is -0.458 e. The fourth-order valence-electron chi connectivity index (χ4n) is 2.13. The van der Waals surface area contributed by atoms with Gasteiger partial charge in [-0.2, -0.15) is 0 Å². The number of carbonyl (C=O) groups is 2. The monoisotopic (exact) mass is 299 g/mol. The zero-order chi connectivity index (χ0) is 15.6. The van der Waals surface area contributed by atoms with E-state index in [-0.39, 0.29) is 5.91 Å². The van der Waals surface area contributed by atoms with E-state index in [1.165, 1.54) is 0 Å². The van der Waals surface area contributed by atoms with Gasteiger partial charge in [-0.05, 0) is 43.2 Å². The normalized spacial score (nSPS) is 18.4. The van der Waals surface area contributed by atoms with Crippen LogP contribution in [0.15, 0.2) is 48.0 Å². The Morgan fingerprint density at radius 2 is 2.05 bits per heavy atom. The zero-order valence-corrected chi connectivity index (χ0v) is 12.0. The number of rotatable bonds is 5. The van der Waals surface area contributed by atoms with E-state index >= 15 is 0 Å². The van der Waals surface area contributed by atoms with E-state index in [9.17, 15) is 9.59 Å². The zero-order valence-electron chi connectivity index (χ0n) is 12.0. The van der Waals surface area contributed by atoms with Crippen LogP contribution in [0.25, 0.3) is 0 Å². The number of benzene rings is 1. The van der Waals surface area contributed by atoms with Gasteiger partial charge >= 0.3 is 0 Å². The summed E-state index contributed by atoms with van der Waals surface area (Å²) >= 11 is 0. The van der Waals surface area contributed by atoms with Gasteiger partial charge in [0.15, 0.2) is 0 Å². The van der Waals surface area contributed by atoms with Crippen LogP contribution in [0, 0.1) is 5.41 Å². The van der Waals surface area contributed by atoms with Crippen molar-refractivity contribution >= 4 is 17.9 Å². The summed E-state index contributed by atoms with van der Waals surface area (Å²) in [7, 11) is 0. The van der Waals surface area contributed by atoms with Crippen molar-refractivity contribution < 1.29 is 14.3 Å². The van der Waals surface area contributed by atoms with Crippen LogP contribution in [0.2, 0.25) is 0 Å². The summed E-state index contributed by atoms with van der Waals surface area (Å²) < 4.78 is 5.68. The Kier molecular flexibility index (Phi) is 3.58. The molecule has 3 rings (SSSR count). The van der Waals surface area contributed by atoms with Crippen molar-refractivity contribution in [1.29, 1.82) is 0 Å². The van der Waals surface area contributed by atoms with E-state index < -0.39 is 5.41 Å². The summed E-state index contributed by atoms with van der Waals surface area (Å²) in [5, 5.41) is 5.71. The third-order valence-corrected chi connectivity index (χ3v) is 3.72. The molecular weight excluding hydrogens is 282 g/mol. The van der Waals surface area contributed by atoms with Crippen molar-refractivity contribution in [2.45, 2.75) is 12.8 Å². The molecule has 114 valence electrons. The Bertz CT molecular complexity index is 658. The van der Waals surface area contributed by atoms with Gasteiger partial charge in [0.1, 0.15) is 23.2 Å². The van der Waals surface area contributed by atoms with Crippen LogP contribution in [0.3, 0.4) is 0 Å². The average molecular weight is 299 g/mol. The van der Waals surface area contributed by atoms with E-state index in [1.807, 2.05) is 6.08 Å². The number of nitrogens with one attached hydrogen (secondary N) is 2. The van der Waals surface area contributed by atoms with Gasteiger partial charge in [0.25, 0.3) is 0 Å². The quantitative estimate of drug-likeness (QED) is 0.562. The first kappa shape index (κ1) is 14.2. The molecule has 1 amide bonds. The molecule has 0 saturated heterocycles. The Hall–Kier alpha value is -2.76. The number of anilines is 1. The van der Waals surface area contributed by atoms with Crippen molar-refractivity contribution in [1.82, 2.24) is 5.32 Å². The van der Waals surface area contributed by atoms with Gasteiger partial charge in [0, 0.05) is 18.3 Å². The topological polar surface area (TPSA) is 93.4 Å². The minimum atomic E-state index is -0.808. The van der Waals surface area contributed by atoms with Crippen molar-refractivity contribution in [2.75, 3.05) is 11.9 Å². The molecule has 0 radical (unpaired) electrons. The number of amides is 1. The predicted octanol–water partition coefficient (Wildman–Crippen LogP) is 1.27. The number of hydrogen-bond acceptors (Lipinski definition) is 5. The summed E-state index contributed by atoms with van der Waals surface area (Å²) in [5.74, 6) is 1.63. The van der Waals surface area contributed by atoms with Crippen LogP contribution in [0.5, 0.6) is 5.75 Å². The van der Waals surface area contributed by atoms with Crippen molar-refractivity contribution in [3.05, 3.63) is 48.0 Å². The van der Waals surface area contributed by atoms with Gasteiger partial charge in [0.2, 0.25) is 5.91 Å². The maximum atomic E-state index is 12.0. The summed E-state index contributed by atoms with van der Waals surface area (Å²) in [4.78, 5) is 22.9. The highest BCUT2D eigenvalue weighted by Gasteiger charge is 2.49. The van der Waals surface area contributed by atoms with Gasteiger partial charge in [-0.3, -0.25) is 4.79 Å². The van der Waals surface area contributed by atoms with Crippen LogP contribution in [0.4, 0.5) is 5.69 Å². The average Bonchev–Trinajstić information content (AvgIpc) is 3.30. The van der Waals surface area contributed by atoms with E-state index in [0.29, 0.717) is 42.4 Å². The molecule has 0 atom stereocenters. The third kappa shape index (κ3) is 2.95. The summed E-state index contributed by atoms with van der Waals surface area (Å²) in [6.45, 7) is 0.625. The molecule has 0 bridgehead atoms. The lowest BCUT2D eigenvalue weighted by atomic mass is 10.1. The molecular formula is C16H17N3O3. The van der Waals surface area contributed by atoms with Crippen LogP contribution >= 0.6 is 0 Å². The lowest BCUT2D eigenvalue weighted by Crippen LogP contribution is -2.25. The Morgan fingerprint density at radius 3 is 2.64 bits per heavy atom. The minimum absolute atomic E-state index is 0.243. The summed E-state index contributed by atoms with van der Waals surface area (Å²) in [6, 6.07) is 6.98. The summed E-state index contributed by atoms with van der Waals surface area (Å²) in [5.41, 5.74) is 5.50. The Labute approximate surface area is 128 Å². The molecule has 4 N–H and O–H groups in total. The van der Waals surface area contributed by atoms with Gasteiger partial charge < -0.3 is 25.9 Å². The SMILES string of the molecule is NC1=CC(Oc2ccc(NC(=O)C3(C=O)CC3)cc2)=CCN1. The van der Waals surface area contributed by atoms with E-state index in [4.69, 9.17) is 10.5 Å². The smallest absolute Gasteiger partial charge is 0.237 e. The molecule has 1 aromatic carbocycles. The number of ether oxygens (including phenoxy) is 1. The lowest BCUT2D eigenvalue weighted by Gasteiger charge is -2.14. The number of dihydropyridines is 1. The highest BCUT2D eigenvalue weighted by atomic mass is 16.5. The molecule has 6 nitrogen and oxygen atoms in total. The molecule has 0 spiro atoms. The number of nitrogens with two attached hydrogens (primary N) is 1. The summed E-state index contributed by atoms with van der Waals surface area (Å²) in [6.07, 6.45) is 5.58. The lowest BCUT2D eigenvalue weighted by molar-refractivity contribution is -0.126. The Balaban J connectivity index is 1.62. The number of carbonyl (C=O) groups excluding carboxylic acids is 2. The second kappa shape index (κ2) is 5.55. The number of hydrogen-bond donors (Lipinski definition) is 3. The molecule has 1 saturated carbocycles. The van der Waals surface area contributed by atoms with E-state index in [2.05, 4.69) is 10.6 Å². The van der Waals surface area contributed by atoms with Gasteiger partial charge in [-0.25, -0.2) is 0 Å². The van der Waals surface area contributed by atoms with Crippen LogP contribution < -0.4 is 21.1 Å². The van der Waals surface area contributed by atoms with Crippen LogP contribution in [-0.4, -0.2) is 18.7 Å². The molecule has 0 aromatic heterocycles. The molecule has 1 aliphatic carbocycles. The molecule has 22 heavy (non-hydrogen) atoms. The van der Waals surface area contributed by atoms with Gasteiger partial charge in [0.05, 0.1) is 5.82 Å². The van der Waals surface area contributed by atoms with Crippen molar-refractivity contribution in [3.63, 3.8) is 0 Å². The maximum Gasteiger partial charge on any atom is 0.237 e. The maximum absolute atomic E-state index is 12.0.